The molecule has 1 aliphatic rings. The van der Waals surface area contributed by atoms with E-state index >= 15 is 0 Å². The molecule has 3 N–H and O–H groups in total. The fourth-order valence-corrected chi connectivity index (χ4v) is 2.27. The number of amides is 1. The van der Waals surface area contributed by atoms with E-state index in [0.29, 0.717) is 12.1 Å². The van der Waals surface area contributed by atoms with Crippen molar-refractivity contribution < 1.29 is 9.53 Å². The second-order valence-corrected chi connectivity index (χ2v) is 4.44. The Morgan fingerprint density at radius 3 is 3.07 bits per heavy atom. The van der Waals surface area contributed by atoms with Gasteiger partial charge in [0.15, 0.2) is 0 Å². The molecule has 0 aliphatic carbocycles. The van der Waals surface area contributed by atoms with Gasteiger partial charge in [-0.3, -0.25) is 5.32 Å². The molecule has 1 aromatic rings. The summed E-state index contributed by atoms with van der Waals surface area (Å²) in [5.41, 5.74) is 8.14. The average molecular weight is 271 g/mol. The lowest BCUT2D eigenvalue weighted by Gasteiger charge is -2.09. The number of cyclic esters (lactones) is 1. The van der Waals surface area contributed by atoms with Gasteiger partial charge in [0.05, 0.1) is 5.69 Å². The molecule has 0 saturated heterocycles. The summed E-state index contributed by atoms with van der Waals surface area (Å²) in [6.07, 6.45) is 0.101. The number of rotatable bonds is 0. The minimum Gasteiger partial charge on any atom is -0.446 e. The number of benzene rings is 1. The third-order valence-corrected chi connectivity index (χ3v) is 2.86. The Labute approximate surface area is 95.9 Å². The highest BCUT2D eigenvalue weighted by atomic mass is 79.9. The van der Waals surface area contributed by atoms with E-state index in [0.717, 1.165) is 15.7 Å². The van der Waals surface area contributed by atoms with Crippen LogP contribution in [0.1, 0.15) is 12.5 Å². The first kappa shape index (κ1) is 10.3. The molecule has 2 rings (SSSR count). The number of hydrogen-bond acceptors (Lipinski definition) is 3. The van der Waals surface area contributed by atoms with Gasteiger partial charge < -0.3 is 10.5 Å². The number of carbonyl (C=O) groups excluding carboxylic acids is 1. The molecule has 1 aliphatic heterocycles. The topological polar surface area (TPSA) is 64.3 Å². The maximum absolute atomic E-state index is 11.3. The lowest BCUT2D eigenvalue weighted by atomic mass is 10.1. The van der Waals surface area contributed by atoms with Crippen LogP contribution in [0, 0.1) is 0 Å². The van der Waals surface area contributed by atoms with E-state index in [1.807, 2.05) is 13.0 Å². The molecule has 0 bridgehead atoms. The van der Waals surface area contributed by atoms with Gasteiger partial charge >= 0.3 is 6.09 Å². The maximum Gasteiger partial charge on any atom is 0.411 e. The fourth-order valence-electron chi connectivity index (χ4n) is 1.65. The first-order chi connectivity index (χ1) is 7.06. The van der Waals surface area contributed by atoms with E-state index in [1.165, 1.54) is 0 Å². The number of anilines is 2. The molecule has 1 atom stereocenters. The molecule has 1 unspecified atom stereocenters. The van der Waals surface area contributed by atoms with Crippen LogP contribution in [0.5, 0.6) is 0 Å². The second kappa shape index (κ2) is 3.73. The molecule has 1 amide bonds. The maximum atomic E-state index is 11.3. The summed E-state index contributed by atoms with van der Waals surface area (Å²) in [5.74, 6) is 0. The van der Waals surface area contributed by atoms with Crippen LogP contribution >= 0.6 is 15.9 Å². The summed E-state index contributed by atoms with van der Waals surface area (Å²) < 4.78 is 5.86. The Morgan fingerprint density at radius 2 is 2.33 bits per heavy atom. The molecule has 15 heavy (non-hydrogen) atoms. The number of ether oxygens (including phenoxy) is 1. The molecule has 1 aromatic carbocycles. The number of fused-ring (bicyclic) bond motifs is 1. The van der Waals surface area contributed by atoms with Crippen molar-refractivity contribution in [2.45, 2.75) is 19.4 Å². The van der Waals surface area contributed by atoms with Gasteiger partial charge in [0.2, 0.25) is 0 Å². The van der Waals surface area contributed by atoms with Gasteiger partial charge in [-0.05, 0) is 40.5 Å². The minimum atomic E-state index is -0.424. The van der Waals surface area contributed by atoms with Crippen molar-refractivity contribution in [3.63, 3.8) is 0 Å². The highest BCUT2D eigenvalue weighted by Crippen LogP contribution is 2.32. The van der Waals surface area contributed by atoms with Crippen LogP contribution in [-0.4, -0.2) is 12.2 Å². The number of nitrogens with one attached hydrogen (secondary N) is 1. The van der Waals surface area contributed by atoms with E-state index in [2.05, 4.69) is 21.2 Å². The van der Waals surface area contributed by atoms with Gasteiger partial charge in [-0.15, -0.1) is 0 Å². The Kier molecular flexibility index (Phi) is 2.56. The van der Waals surface area contributed by atoms with Crippen LogP contribution in [0.2, 0.25) is 0 Å². The standard InChI is InChI=1S/C10H11BrN2O2/c1-5-2-6-3-7(12)4-8(11)9(6)13-10(14)15-5/h3-5H,2,12H2,1H3,(H,13,14). The largest absolute Gasteiger partial charge is 0.446 e. The van der Waals surface area contributed by atoms with Crippen molar-refractivity contribution in [2.75, 3.05) is 11.1 Å². The molecule has 0 fully saturated rings. The highest BCUT2D eigenvalue weighted by Gasteiger charge is 2.20. The van der Waals surface area contributed by atoms with Gasteiger partial charge in [-0.1, -0.05) is 0 Å². The smallest absolute Gasteiger partial charge is 0.411 e. The molecular weight excluding hydrogens is 260 g/mol. The van der Waals surface area contributed by atoms with Gasteiger partial charge in [0.1, 0.15) is 6.10 Å². The normalized spacial score (nSPS) is 19.9. The zero-order valence-electron chi connectivity index (χ0n) is 8.21. The SMILES string of the molecule is CC1Cc2cc(N)cc(Br)c2NC(=O)O1. The molecule has 0 radical (unpaired) electrons. The van der Waals surface area contributed by atoms with Crippen LogP contribution in [-0.2, 0) is 11.2 Å². The van der Waals surface area contributed by atoms with Crippen molar-refractivity contribution in [1.29, 1.82) is 0 Å². The van der Waals surface area contributed by atoms with Gasteiger partial charge in [0, 0.05) is 16.6 Å². The first-order valence-corrected chi connectivity index (χ1v) is 5.41. The Balaban J connectivity index is 2.50. The zero-order chi connectivity index (χ0) is 11.0. The fraction of sp³-hybridized carbons (Fsp3) is 0.300. The van der Waals surface area contributed by atoms with Gasteiger partial charge in [-0.25, -0.2) is 4.79 Å². The Hall–Kier alpha value is -1.23. The molecule has 4 nitrogen and oxygen atoms in total. The summed E-state index contributed by atoms with van der Waals surface area (Å²) in [6, 6.07) is 3.61. The molecule has 0 aromatic heterocycles. The summed E-state index contributed by atoms with van der Waals surface area (Å²) in [5, 5.41) is 2.68. The van der Waals surface area contributed by atoms with E-state index in [1.54, 1.807) is 6.07 Å². The second-order valence-electron chi connectivity index (χ2n) is 3.58. The third-order valence-electron chi connectivity index (χ3n) is 2.24. The van der Waals surface area contributed by atoms with Crippen molar-refractivity contribution in [3.8, 4) is 0 Å². The van der Waals surface area contributed by atoms with Gasteiger partial charge in [-0.2, -0.15) is 0 Å². The average Bonchev–Trinajstić information content (AvgIpc) is 2.22. The number of hydrogen-bond donors (Lipinski definition) is 2. The van der Waals surface area contributed by atoms with Gasteiger partial charge in [0.25, 0.3) is 0 Å². The van der Waals surface area contributed by atoms with E-state index < -0.39 is 6.09 Å². The van der Waals surface area contributed by atoms with Crippen LogP contribution in [0.3, 0.4) is 0 Å². The van der Waals surface area contributed by atoms with Crippen LogP contribution in [0.25, 0.3) is 0 Å². The predicted octanol–water partition coefficient (Wildman–Crippen LogP) is 2.52. The summed E-state index contributed by atoms with van der Waals surface area (Å²) in [7, 11) is 0. The van der Waals surface area contributed by atoms with E-state index in [-0.39, 0.29) is 6.10 Å². The lowest BCUT2D eigenvalue weighted by Crippen LogP contribution is -2.17. The quantitative estimate of drug-likeness (QED) is 0.712. The molecule has 5 heteroatoms. The number of carbonyl (C=O) groups is 1. The molecule has 1 heterocycles. The molecule has 80 valence electrons. The summed E-state index contributed by atoms with van der Waals surface area (Å²) in [4.78, 5) is 11.3. The molecule has 0 spiro atoms. The molecular formula is C10H11BrN2O2. The van der Waals surface area contributed by atoms with Crippen molar-refractivity contribution in [2.24, 2.45) is 0 Å². The minimum absolute atomic E-state index is 0.139. The monoisotopic (exact) mass is 270 g/mol. The number of halogens is 1. The predicted molar refractivity (Wildman–Crippen MR) is 61.8 cm³/mol. The van der Waals surface area contributed by atoms with Crippen molar-refractivity contribution in [3.05, 3.63) is 22.2 Å². The Morgan fingerprint density at radius 1 is 1.60 bits per heavy atom. The molecule has 0 saturated carbocycles. The number of nitrogen functional groups attached to an aromatic ring is 1. The summed E-state index contributed by atoms with van der Waals surface area (Å²) in [6.45, 7) is 1.85. The number of nitrogens with two attached hydrogens (primary N) is 1. The first-order valence-electron chi connectivity index (χ1n) is 4.62. The van der Waals surface area contributed by atoms with Crippen LogP contribution in [0.4, 0.5) is 16.2 Å². The Bertz CT molecular complexity index is 420. The zero-order valence-corrected chi connectivity index (χ0v) is 9.80. The highest BCUT2D eigenvalue weighted by molar-refractivity contribution is 9.10. The van der Waals surface area contributed by atoms with E-state index in [9.17, 15) is 4.79 Å². The van der Waals surface area contributed by atoms with Crippen molar-refractivity contribution in [1.82, 2.24) is 0 Å². The van der Waals surface area contributed by atoms with Crippen molar-refractivity contribution >= 4 is 33.4 Å². The van der Waals surface area contributed by atoms with Crippen LogP contribution in [0.15, 0.2) is 16.6 Å². The van der Waals surface area contributed by atoms with Crippen LogP contribution < -0.4 is 11.1 Å². The van der Waals surface area contributed by atoms with E-state index in [4.69, 9.17) is 10.5 Å². The lowest BCUT2D eigenvalue weighted by molar-refractivity contribution is 0.123. The third kappa shape index (κ3) is 2.07. The summed E-state index contributed by atoms with van der Waals surface area (Å²) >= 11 is 3.36.